The fourth-order valence-corrected chi connectivity index (χ4v) is 2.96. The van der Waals surface area contributed by atoms with Crippen molar-refractivity contribution in [1.29, 1.82) is 0 Å². The number of carbonyl (C=O) groups is 2. The highest BCUT2D eigenvalue weighted by Crippen LogP contribution is 2.25. The average Bonchev–Trinajstić information content (AvgIpc) is 2.85. The third-order valence-electron chi connectivity index (χ3n) is 4.55. The molecule has 0 saturated carbocycles. The van der Waals surface area contributed by atoms with Gasteiger partial charge >= 0.3 is 0 Å². The minimum atomic E-state index is -0.166. The smallest absolute Gasteiger partial charge is 0.254 e. The molecule has 25 heavy (non-hydrogen) atoms. The Morgan fingerprint density at radius 2 is 2.08 bits per heavy atom. The van der Waals surface area contributed by atoms with Crippen molar-refractivity contribution in [2.24, 2.45) is 5.41 Å². The zero-order chi connectivity index (χ0) is 18.2. The Kier molecular flexibility index (Phi) is 4.37. The molecule has 0 fully saturated rings. The van der Waals surface area contributed by atoms with Crippen LogP contribution in [0, 0.1) is 19.3 Å². The molecule has 2 amide bonds. The van der Waals surface area contributed by atoms with Crippen molar-refractivity contribution in [1.82, 2.24) is 15.1 Å². The minimum absolute atomic E-state index is 0.0538. The zero-order valence-electron chi connectivity index (χ0n) is 15.1. The van der Waals surface area contributed by atoms with Gasteiger partial charge in [-0.2, -0.15) is 5.10 Å². The maximum atomic E-state index is 12.3. The zero-order valence-corrected chi connectivity index (χ0v) is 15.1. The molecule has 6 heteroatoms. The molecule has 2 heterocycles. The van der Waals surface area contributed by atoms with E-state index in [4.69, 9.17) is 0 Å². The molecule has 0 spiro atoms. The van der Waals surface area contributed by atoms with E-state index in [-0.39, 0.29) is 23.8 Å². The number of fused-ring (bicyclic) bond motifs is 1. The van der Waals surface area contributed by atoms with Gasteiger partial charge in [0.25, 0.3) is 5.91 Å². The van der Waals surface area contributed by atoms with Crippen molar-refractivity contribution in [3.63, 3.8) is 0 Å². The fourth-order valence-electron chi connectivity index (χ4n) is 2.96. The first-order valence-corrected chi connectivity index (χ1v) is 8.45. The van der Waals surface area contributed by atoms with Gasteiger partial charge in [0.15, 0.2) is 0 Å². The van der Waals surface area contributed by atoms with Gasteiger partial charge in [-0.1, -0.05) is 19.9 Å². The number of hydrogen-bond donors (Lipinski definition) is 2. The Morgan fingerprint density at radius 3 is 2.80 bits per heavy atom. The molecule has 2 aromatic rings. The van der Waals surface area contributed by atoms with Gasteiger partial charge in [0.05, 0.1) is 11.3 Å². The molecule has 0 unspecified atom stereocenters. The third kappa shape index (κ3) is 3.90. The number of carbonyl (C=O) groups excluding carboxylic acids is 2. The molecular weight excluding hydrogens is 316 g/mol. The van der Waals surface area contributed by atoms with Crippen LogP contribution in [-0.2, 0) is 17.8 Å². The predicted octanol–water partition coefficient (Wildman–Crippen LogP) is 2.45. The molecule has 0 bridgehead atoms. The number of amides is 2. The maximum absolute atomic E-state index is 12.3. The lowest BCUT2D eigenvalue weighted by molar-refractivity contribution is -0.116. The van der Waals surface area contributed by atoms with Gasteiger partial charge in [-0.15, -0.1) is 0 Å². The average molecular weight is 340 g/mol. The Labute approximate surface area is 147 Å². The van der Waals surface area contributed by atoms with Crippen LogP contribution in [0.5, 0.6) is 0 Å². The third-order valence-corrected chi connectivity index (χ3v) is 4.55. The van der Waals surface area contributed by atoms with E-state index in [0.29, 0.717) is 18.5 Å². The Morgan fingerprint density at radius 1 is 1.32 bits per heavy atom. The van der Waals surface area contributed by atoms with Crippen molar-refractivity contribution in [3.05, 3.63) is 46.8 Å². The van der Waals surface area contributed by atoms with E-state index in [0.717, 1.165) is 16.9 Å². The van der Waals surface area contributed by atoms with Gasteiger partial charge in [0.2, 0.25) is 5.91 Å². The fraction of sp³-hybridized carbons (Fsp3) is 0.421. The van der Waals surface area contributed by atoms with E-state index in [1.54, 1.807) is 10.9 Å². The largest absolute Gasteiger partial charge is 0.351 e. The van der Waals surface area contributed by atoms with Crippen molar-refractivity contribution in [2.45, 2.75) is 40.7 Å². The first-order chi connectivity index (χ1) is 11.7. The van der Waals surface area contributed by atoms with Crippen LogP contribution in [0.25, 0.3) is 0 Å². The van der Waals surface area contributed by atoms with E-state index in [1.807, 2.05) is 32.0 Å². The summed E-state index contributed by atoms with van der Waals surface area (Å²) in [6.07, 6.45) is 2.36. The second-order valence-electron chi connectivity index (χ2n) is 7.56. The molecule has 0 atom stereocenters. The summed E-state index contributed by atoms with van der Waals surface area (Å²) in [5.41, 5.74) is 4.33. The quantitative estimate of drug-likeness (QED) is 0.901. The van der Waals surface area contributed by atoms with Gasteiger partial charge in [-0.05, 0) is 48.9 Å². The van der Waals surface area contributed by atoms with E-state index in [9.17, 15) is 9.59 Å². The molecule has 2 N–H and O–H groups in total. The summed E-state index contributed by atoms with van der Waals surface area (Å²) in [6, 6.07) is 5.81. The van der Waals surface area contributed by atoms with Crippen molar-refractivity contribution >= 4 is 17.5 Å². The van der Waals surface area contributed by atoms with Gasteiger partial charge in [0, 0.05) is 18.4 Å². The van der Waals surface area contributed by atoms with Crippen molar-refractivity contribution in [2.75, 3.05) is 11.9 Å². The summed E-state index contributed by atoms with van der Waals surface area (Å²) in [6.45, 7) is 8.92. The predicted molar refractivity (Wildman–Crippen MR) is 96.6 cm³/mol. The van der Waals surface area contributed by atoms with E-state index in [2.05, 4.69) is 29.6 Å². The summed E-state index contributed by atoms with van der Waals surface area (Å²) < 4.78 is 1.54. The number of nitrogens with zero attached hydrogens (tertiary/aromatic N) is 2. The highest BCUT2D eigenvalue weighted by Gasteiger charge is 2.29. The lowest BCUT2D eigenvalue weighted by atomic mass is 9.88. The second kappa shape index (κ2) is 6.35. The Bertz CT molecular complexity index is 836. The van der Waals surface area contributed by atoms with Crippen LogP contribution < -0.4 is 10.6 Å². The normalized spacial score (nSPS) is 15.9. The van der Waals surface area contributed by atoms with Crippen LogP contribution in [0.3, 0.4) is 0 Å². The number of nitrogens with one attached hydrogen (secondary N) is 2. The molecule has 1 aliphatic heterocycles. The number of anilines is 1. The molecule has 0 saturated heterocycles. The Balaban J connectivity index is 1.73. The summed E-state index contributed by atoms with van der Waals surface area (Å²) in [7, 11) is 0. The molecule has 0 radical (unpaired) electrons. The lowest BCUT2D eigenvalue weighted by Gasteiger charge is -2.21. The van der Waals surface area contributed by atoms with Crippen LogP contribution in [0.2, 0.25) is 0 Å². The molecule has 1 aliphatic rings. The maximum Gasteiger partial charge on any atom is 0.254 e. The van der Waals surface area contributed by atoms with Crippen molar-refractivity contribution < 1.29 is 9.59 Å². The highest BCUT2D eigenvalue weighted by molar-refractivity contribution is 5.96. The summed E-state index contributed by atoms with van der Waals surface area (Å²) >= 11 is 0. The van der Waals surface area contributed by atoms with E-state index < -0.39 is 0 Å². The van der Waals surface area contributed by atoms with Crippen molar-refractivity contribution in [3.8, 4) is 0 Å². The standard InChI is InChI=1S/C19H24N4O2/c1-12-5-6-14(7-13(12)2)21-17(24)10-23-9-15-16(22-23)8-19(3,4)11-20-18(15)25/h5-7,9H,8,10-11H2,1-4H3,(H,20,25)(H,21,24). The molecule has 6 nitrogen and oxygen atoms in total. The van der Waals surface area contributed by atoms with Gasteiger partial charge in [-0.3, -0.25) is 14.3 Å². The van der Waals surface area contributed by atoms with Crippen LogP contribution in [0.4, 0.5) is 5.69 Å². The molecule has 0 aliphatic carbocycles. The lowest BCUT2D eigenvalue weighted by Crippen LogP contribution is -2.32. The molecule has 132 valence electrons. The topological polar surface area (TPSA) is 76.0 Å². The first kappa shape index (κ1) is 17.2. The first-order valence-electron chi connectivity index (χ1n) is 8.45. The molecular formula is C19H24N4O2. The summed E-state index contributed by atoms with van der Waals surface area (Å²) in [5.74, 6) is -0.290. The number of benzene rings is 1. The van der Waals surface area contributed by atoms with E-state index >= 15 is 0 Å². The summed E-state index contributed by atoms with van der Waals surface area (Å²) in [5, 5.41) is 10.3. The second-order valence-corrected chi connectivity index (χ2v) is 7.56. The minimum Gasteiger partial charge on any atom is -0.351 e. The van der Waals surface area contributed by atoms with Crippen LogP contribution in [0.15, 0.2) is 24.4 Å². The number of hydrogen-bond acceptors (Lipinski definition) is 3. The number of aromatic nitrogens is 2. The monoisotopic (exact) mass is 340 g/mol. The van der Waals surface area contributed by atoms with Gasteiger partial charge in [-0.25, -0.2) is 0 Å². The van der Waals surface area contributed by atoms with Crippen LogP contribution >= 0.6 is 0 Å². The van der Waals surface area contributed by atoms with Gasteiger partial charge in [0.1, 0.15) is 6.54 Å². The SMILES string of the molecule is Cc1ccc(NC(=O)Cn2cc3c(n2)CC(C)(C)CNC3=O)cc1C. The molecule has 3 rings (SSSR count). The summed E-state index contributed by atoms with van der Waals surface area (Å²) in [4.78, 5) is 24.5. The number of rotatable bonds is 3. The Hall–Kier alpha value is -2.63. The van der Waals surface area contributed by atoms with Gasteiger partial charge < -0.3 is 10.6 Å². The molecule has 1 aromatic heterocycles. The molecule has 1 aromatic carbocycles. The van der Waals surface area contributed by atoms with E-state index in [1.165, 1.54) is 5.56 Å². The van der Waals surface area contributed by atoms with Crippen LogP contribution in [0.1, 0.15) is 41.0 Å². The number of aryl methyl sites for hydroxylation is 2. The highest BCUT2D eigenvalue weighted by atomic mass is 16.2. The van der Waals surface area contributed by atoms with Crippen LogP contribution in [-0.4, -0.2) is 28.1 Å².